The lowest BCUT2D eigenvalue weighted by Gasteiger charge is -2.48. The number of nitrogens with zero attached hydrogens (tertiary/aromatic N) is 4. The molecule has 1 aliphatic heterocycles. The largest absolute Gasteiger partial charge is 0.453 e. The first-order valence-electron chi connectivity index (χ1n) is 15.4. The Labute approximate surface area is 264 Å². The Morgan fingerprint density at radius 3 is 2.53 bits per heavy atom. The van der Waals surface area contributed by atoms with E-state index in [9.17, 15) is 23.5 Å². The molecule has 238 valence electrons. The fourth-order valence-corrected chi connectivity index (χ4v) is 7.25. The van der Waals surface area contributed by atoms with Gasteiger partial charge in [0.1, 0.15) is 18.5 Å². The fraction of sp³-hybridized carbons (Fsp3) is 0.455. The third-order valence-corrected chi connectivity index (χ3v) is 9.78. The summed E-state index contributed by atoms with van der Waals surface area (Å²) in [6.07, 6.45) is 9.53. The van der Waals surface area contributed by atoms with Crippen LogP contribution >= 0.6 is 11.6 Å². The normalized spacial score (nSPS) is 18.6. The van der Waals surface area contributed by atoms with Crippen molar-refractivity contribution in [1.82, 2.24) is 25.0 Å². The van der Waals surface area contributed by atoms with Crippen LogP contribution in [-0.2, 0) is 17.8 Å². The summed E-state index contributed by atoms with van der Waals surface area (Å²) in [6, 6.07) is 8.62. The van der Waals surface area contributed by atoms with Crippen molar-refractivity contribution in [2.45, 2.75) is 70.2 Å². The van der Waals surface area contributed by atoms with E-state index in [-0.39, 0.29) is 28.9 Å². The average molecular weight is 640 g/mol. The van der Waals surface area contributed by atoms with E-state index in [0.29, 0.717) is 30.1 Å². The van der Waals surface area contributed by atoms with Crippen LogP contribution in [-0.4, -0.2) is 49.8 Å². The number of carbonyl (C=O) groups is 1. The highest BCUT2D eigenvalue weighted by atomic mass is 35.5. The minimum Gasteiger partial charge on any atom is -0.453 e. The Hall–Kier alpha value is -3.67. The highest BCUT2D eigenvalue weighted by Crippen LogP contribution is 2.47. The smallest absolute Gasteiger partial charge is 0.240 e. The Balaban J connectivity index is 1.23. The molecule has 1 amide bonds. The van der Waals surface area contributed by atoms with Crippen LogP contribution in [0.4, 0.5) is 8.78 Å². The number of nitrogens with one attached hydrogen (secondary N) is 1. The molecular weight excluding hydrogens is 604 g/mol. The van der Waals surface area contributed by atoms with Gasteiger partial charge < -0.3 is 14.4 Å². The maximum atomic E-state index is 14.5. The first-order chi connectivity index (χ1) is 21.7. The van der Waals surface area contributed by atoms with Crippen molar-refractivity contribution >= 4 is 28.5 Å². The monoisotopic (exact) mass is 639 g/mol. The van der Waals surface area contributed by atoms with Crippen molar-refractivity contribution < 1.29 is 23.1 Å². The summed E-state index contributed by atoms with van der Waals surface area (Å²) in [5.41, 5.74) is -0.378. The Morgan fingerprint density at radius 1 is 1.11 bits per heavy atom. The summed E-state index contributed by atoms with van der Waals surface area (Å²) in [5, 5.41) is 18.7. The fourth-order valence-electron chi connectivity index (χ4n) is 7.12. The van der Waals surface area contributed by atoms with Gasteiger partial charge in [-0.25, -0.2) is 13.8 Å². The zero-order valence-corrected chi connectivity index (χ0v) is 25.6. The summed E-state index contributed by atoms with van der Waals surface area (Å²) < 4.78 is 35.6. The van der Waals surface area contributed by atoms with Crippen LogP contribution in [0.5, 0.6) is 0 Å². The van der Waals surface area contributed by atoms with E-state index in [2.05, 4.69) is 15.4 Å². The molecule has 1 unspecified atom stereocenters. The number of aromatic nitrogens is 3. The lowest BCUT2D eigenvalue weighted by Crippen LogP contribution is -2.54. The Bertz CT molecular complexity index is 1680. The van der Waals surface area contributed by atoms with Crippen LogP contribution < -0.4 is 10.7 Å². The molecule has 4 aromatic rings. The number of piperidine rings is 1. The lowest BCUT2D eigenvalue weighted by atomic mass is 9.63. The minimum atomic E-state index is -1.62. The third kappa shape index (κ3) is 6.95. The van der Waals surface area contributed by atoms with E-state index in [1.165, 1.54) is 32.1 Å². The van der Waals surface area contributed by atoms with Gasteiger partial charge in [0.05, 0.1) is 11.4 Å². The zero-order chi connectivity index (χ0) is 31.6. The quantitative estimate of drug-likeness (QED) is 0.236. The van der Waals surface area contributed by atoms with E-state index in [1.54, 1.807) is 36.9 Å². The number of aliphatic hydroxyl groups excluding tert-OH is 1. The number of halogens is 3. The molecule has 1 saturated carbocycles. The predicted molar refractivity (Wildman–Crippen MR) is 164 cm³/mol. The van der Waals surface area contributed by atoms with Gasteiger partial charge in [0.15, 0.2) is 28.8 Å². The lowest BCUT2D eigenvalue weighted by molar-refractivity contribution is -0.138. The van der Waals surface area contributed by atoms with E-state index in [0.717, 1.165) is 37.1 Å². The molecule has 12 heteroatoms. The Kier molecular flexibility index (Phi) is 9.30. The van der Waals surface area contributed by atoms with Gasteiger partial charge in [-0.05, 0) is 67.2 Å². The van der Waals surface area contributed by atoms with Gasteiger partial charge in [-0.1, -0.05) is 43.0 Å². The molecule has 2 aliphatic rings. The molecular formula is C33H36ClF2N5O4. The predicted octanol–water partition coefficient (Wildman–Crippen LogP) is 5.40. The molecule has 2 fully saturated rings. The number of hydrogen-bond donors (Lipinski definition) is 2. The summed E-state index contributed by atoms with van der Waals surface area (Å²) in [6.45, 7) is 1.84. The highest BCUT2D eigenvalue weighted by molar-refractivity contribution is 6.30. The number of rotatable bonds is 9. The zero-order valence-electron chi connectivity index (χ0n) is 24.8. The van der Waals surface area contributed by atoms with Crippen LogP contribution in [0, 0.1) is 23.0 Å². The van der Waals surface area contributed by atoms with E-state index in [4.69, 9.17) is 16.0 Å². The van der Waals surface area contributed by atoms with Crippen molar-refractivity contribution in [3.63, 3.8) is 0 Å². The average Bonchev–Trinajstić information content (AvgIpc) is 3.55. The second kappa shape index (κ2) is 13.4. The molecule has 45 heavy (non-hydrogen) atoms. The number of likely N-dealkylation sites (tertiary alicyclic amines) is 1. The first-order valence-corrected chi connectivity index (χ1v) is 15.8. The number of benzene rings is 2. The molecule has 6 rings (SSSR count). The van der Waals surface area contributed by atoms with Crippen LogP contribution in [0.3, 0.4) is 0 Å². The molecule has 0 spiro atoms. The molecule has 9 nitrogen and oxygen atoms in total. The van der Waals surface area contributed by atoms with Crippen molar-refractivity contribution in [2.24, 2.45) is 11.3 Å². The van der Waals surface area contributed by atoms with Gasteiger partial charge in [0, 0.05) is 36.8 Å². The molecule has 2 aromatic heterocycles. The molecule has 1 aliphatic carbocycles. The molecule has 2 aromatic carbocycles. The summed E-state index contributed by atoms with van der Waals surface area (Å²) in [5.74, 6) is -1.93. The summed E-state index contributed by atoms with van der Waals surface area (Å²) in [7, 11) is 0. The number of fused-ring (bicyclic) bond motifs is 1. The first kappa shape index (κ1) is 31.3. The van der Waals surface area contributed by atoms with Crippen molar-refractivity contribution in [3.05, 3.63) is 93.3 Å². The number of amides is 1. The molecule has 3 heterocycles. The maximum absolute atomic E-state index is 14.5. The van der Waals surface area contributed by atoms with Crippen molar-refractivity contribution in [3.8, 4) is 0 Å². The second-order valence-electron chi connectivity index (χ2n) is 12.3. The molecule has 0 bridgehead atoms. The van der Waals surface area contributed by atoms with Gasteiger partial charge in [0.25, 0.3) is 0 Å². The molecule has 0 radical (unpaired) electrons. The number of aliphatic hydroxyl groups is 1. The number of hydrogen-bond acceptors (Lipinski definition) is 7. The van der Waals surface area contributed by atoms with E-state index < -0.39 is 34.9 Å². The van der Waals surface area contributed by atoms with Gasteiger partial charge in [-0.2, -0.15) is 5.10 Å². The van der Waals surface area contributed by atoms with Gasteiger partial charge in [-0.15, -0.1) is 0 Å². The van der Waals surface area contributed by atoms with Gasteiger partial charge >= 0.3 is 0 Å². The van der Waals surface area contributed by atoms with Crippen LogP contribution in [0.1, 0.15) is 62.5 Å². The Morgan fingerprint density at radius 2 is 1.84 bits per heavy atom. The highest BCUT2D eigenvalue weighted by Gasteiger charge is 2.44. The van der Waals surface area contributed by atoms with Crippen molar-refractivity contribution in [2.75, 3.05) is 13.1 Å². The topological polar surface area (TPSA) is 113 Å². The van der Waals surface area contributed by atoms with Crippen LogP contribution in [0.2, 0.25) is 5.02 Å². The summed E-state index contributed by atoms with van der Waals surface area (Å²) in [4.78, 5) is 32.8. The third-order valence-electron chi connectivity index (χ3n) is 9.53. The van der Waals surface area contributed by atoms with Crippen LogP contribution in [0.25, 0.3) is 11.0 Å². The molecule has 2 atom stereocenters. The van der Waals surface area contributed by atoms with Gasteiger partial charge in [0.2, 0.25) is 5.91 Å². The standard InChI is InChI=1S/C33H36ClF2N5O4/c34-23-8-6-21(7-9-23)14-27(39-31(43)29-17-28(42)25-15-24(35)16-26(36)30(25)45-29)32(44)40-12-10-33(11-13-40,18-41-20-37-19-38-41)22-4-2-1-3-5-22/h6-9,15-17,19-20,22,27,31,39,43H,1-5,10-14,18H2/t27-,31?/m1/s1. The molecule has 2 N–H and O–H groups in total. The maximum Gasteiger partial charge on any atom is 0.240 e. The van der Waals surface area contributed by atoms with Crippen LogP contribution in [0.15, 0.2) is 64.3 Å². The summed E-state index contributed by atoms with van der Waals surface area (Å²) >= 11 is 6.09. The number of carbonyl (C=O) groups excluding carboxylic acids is 1. The SMILES string of the molecule is O=C([C@@H](Cc1ccc(Cl)cc1)NC(O)c1cc(=O)c2cc(F)cc(F)c2o1)N1CCC(Cn2cncn2)(C2CCCCC2)CC1. The van der Waals surface area contributed by atoms with Crippen molar-refractivity contribution in [1.29, 1.82) is 0 Å². The van der Waals surface area contributed by atoms with Gasteiger partial charge in [-0.3, -0.25) is 19.6 Å². The second-order valence-corrected chi connectivity index (χ2v) is 12.8. The van der Waals surface area contributed by atoms with E-state index >= 15 is 0 Å². The molecule has 1 saturated heterocycles. The minimum absolute atomic E-state index is 0.00155. The van der Waals surface area contributed by atoms with E-state index in [1.807, 2.05) is 9.58 Å².